The third kappa shape index (κ3) is 5.00. The quantitative estimate of drug-likeness (QED) is 0.715. The van der Waals surface area contributed by atoms with E-state index in [0.717, 1.165) is 24.8 Å². The van der Waals surface area contributed by atoms with Crippen LogP contribution in [0, 0.1) is 19.8 Å². The van der Waals surface area contributed by atoms with Crippen molar-refractivity contribution in [3.63, 3.8) is 0 Å². The molecule has 3 rings (SSSR count). The summed E-state index contributed by atoms with van der Waals surface area (Å²) in [6.07, 6.45) is 2.28. The number of hydrogen-bond donors (Lipinski definition) is 0. The summed E-state index contributed by atoms with van der Waals surface area (Å²) in [5.74, 6) is 0.636. The molecule has 6 nitrogen and oxygen atoms in total. The van der Waals surface area contributed by atoms with E-state index in [2.05, 4.69) is 29.4 Å². The molecule has 1 amide bonds. The van der Waals surface area contributed by atoms with Crippen LogP contribution in [0.5, 0.6) is 0 Å². The molecule has 0 N–H and O–H groups in total. The number of hydrogen-bond acceptors (Lipinski definition) is 5. The summed E-state index contributed by atoms with van der Waals surface area (Å²) in [5.41, 5.74) is 2.74. The van der Waals surface area contributed by atoms with Crippen molar-refractivity contribution in [1.82, 2.24) is 10.1 Å². The Bertz CT molecular complexity index is 788. The molecule has 150 valence electrons. The fourth-order valence-electron chi connectivity index (χ4n) is 3.75. The summed E-state index contributed by atoms with van der Waals surface area (Å²) in [6, 6.07) is 10.5. The highest BCUT2D eigenvalue weighted by molar-refractivity contribution is 5.84. The first-order valence-electron chi connectivity index (χ1n) is 9.88. The molecule has 1 atom stereocenters. The first-order valence-corrected chi connectivity index (χ1v) is 9.88. The SMILES string of the molecule is Cc1noc(C)c1CC(=O)OC(C)C(=O)N1CCC(Cc2ccccc2)CC1. The second-order valence-electron chi connectivity index (χ2n) is 7.57. The number of carbonyl (C=O) groups excluding carboxylic acids is 2. The van der Waals surface area contributed by atoms with Gasteiger partial charge in [0.1, 0.15) is 5.76 Å². The molecule has 1 fully saturated rings. The average Bonchev–Trinajstić information content (AvgIpc) is 3.00. The van der Waals surface area contributed by atoms with Crippen LogP contribution in [-0.2, 0) is 27.2 Å². The van der Waals surface area contributed by atoms with Gasteiger partial charge in [-0.3, -0.25) is 9.59 Å². The number of benzene rings is 1. The minimum absolute atomic E-state index is 0.0674. The standard InChI is InChI=1S/C22H28N2O4/c1-15-20(16(2)28-23-15)14-21(25)27-17(3)22(26)24-11-9-19(10-12-24)13-18-7-5-4-6-8-18/h4-8,17,19H,9-14H2,1-3H3. The Balaban J connectivity index is 1.46. The maximum Gasteiger partial charge on any atom is 0.311 e. The summed E-state index contributed by atoms with van der Waals surface area (Å²) in [6.45, 7) is 6.61. The number of amides is 1. The molecule has 2 heterocycles. The molecule has 1 saturated heterocycles. The number of rotatable bonds is 6. The molecule has 6 heteroatoms. The number of ether oxygens (including phenoxy) is 1. The van der Waals surface area contributed by atoms with E-state index in [9.17, 15) is 9.59 Å². The van der Waals surface area contributed by atoms with Gasteiger partial charge in [-0.15, -0.1) is 0 Å². The fraction of sp³-hybridized carbons (Fsp3) is 0.500. The Labute approximate surface area is 165 Å². The highest BCUT2D eigenvalue weighted by Gasteiger charge is 2.28. The number of likely N-dealkylation sites (tertiary alicyclic amines) is 1. The highest BCUT2D eigenvalue weighted by atomic mass is 16.5. The topological polar surface area (TPSA) is 72.6 Å². The van der Waals surface area contributed by atoms with E-state index in [1.165, 1.54) is 5.56 Å². The molecule has 2 aromatic rings. The molecule has 1 aliphatic heterocycles. The Morgan fingerprint density at radius 2 is 1.89 bits per heavy atom. The first-order chi connectivity index (χ1) is 13.4. The van der Waals surface area contributed by atoms with Gasteiger partial charge in [0.05, 0.1) is 12.1 Å². The second-order valence-corrected chi connectivity index (χ2v) is 7.57. The molecule has 0 radical (unpaired) electrons. The average molecular weight is 384 g/mol. The van der Waals surface area contributed by atoms with Crippen LogP contribution in [0.1, 0.15) is 42.3 Å². The molecule has 1 aliphatic rings. The van der Waals surface area contributed by atoms with Gasteiger partial charge in [-0.2, -0.15) is 0 Å². The molecule has 0 aliphatic carbocycles. The van der Waals surface area contributed by atoms with Crippen molar-refractivity contribution in [3.05, 3.63) is 52.9 Å². The van der Waals surface area contributed by atoms with Gasteiger partial charge < -0.3 is 14.2 Å². The lowest BCUT2D eigenvalue weighted by atomic mass is 9.90. The van der Waals surface area contributed by atoms with Gasteiger partial charge in [0.25, 0.3) is 5.91 Å². The summed E-state index contributed by atoms with van der Waals surface area (Å²) in [7, 11) is 0. The van der Waals surface area contributed by atoms with Crippen LogP contribution in [0.4, 0.5) is 0 Å². The number of aromatic nitrogens is 1. The maximum atomic E-state index is 12.7. The fourth-order valence-corrected chi connectivity index (χ4v) is 3.75. The van der Waals surface area contributed by atoms with Crippen molar-refractivity contribution in [2.75, 3.05) is 13.1 Å². The zero-order chi connectivity index (χ0) is 20.1. The Morgan fingerprint density at radius 3 is 2.50 bits per heavy atom. The van der Waals surface area contributed by atoms with Crippen LogP contribution >= 0.6 is 0 Å². The Hall–Kier alpha value is -2.63. The number of esters is 1. The van der Waals surface area contributed by atoms with E-state index < -0.39 is 12.1 Å². The third-order valence-electron chi connectivity index (χ3n) is 5.45. The largest absolute Gasteiger partial charge is 0.452 e. The van der Waals surface area contributed by atoms with Crippen molar-refractivity contribution in [1.29, 1.82) is 0 Å². The predicted octanol–water partition coefficient (Wildman–Crippen LogP) is 3.25. The summed E-state index contributed by atoms with van der Waals surface area (Å²) in [4.78, 5) is 26.7. The van der Waals surface area contributed by atoms with E-state index in [4.69, 9.17) is 9.26 Å². The lowest BCUT2D eigenvalue weighted by Gasteiger charge is -2.33. The summed E-state index contributed by atoms with van der Waals surface area (Å²) in [5, 5.41) is 3.84. The minimum Gasteiger partial charge on any atom is -0.452 e. The third-order valence-corrected chi connectivity index (χ3v) is 5.45. The molecule has 28 heavy (non-hydrogen) atoms. The van der Waals surface area contributed by atoms with Crippen LogP contribution in [0.25, 0.3) is 0 Å². The normalized spacial score (nSPS) is 16.0. The smallest absolute Gasteiger partial charge is 0.311 e. The van der Waals surface area contributed by atoms with Gasteiger partial charge in [0.2, 0.25) is 0 Å². The number of piperidine rings is 1. The molecule has 0 spiro atoms. The van der Waals surface area contributed by atoms with E-state index in [1.807, 2.05) is 11.0 Å². The number of nitrogens with zero attached hydrogens (tertiary/aromatic N) is 2. The maximum absolute atomic E-state index is 12.7. The van der Waals surface area contributed by atoms with Crippen molar-refractivity contribution in [2.45, 2.75) is 52.6 Å². The van der Waals surface area contributed by atoms with E-state index in [1.54, 1.807) is 20.8 Å². The molecule has 0 saturated carbocycles. The molecular formula is C22H28N2O4. The minimum atomic E-state index is -0.779. The van der Waals surface area contributed by atoms with E-state index in [0.29, 0.717) is 30.5 Å². The van der Waals surface area contributed by atoms with Crippen molar-refractivity contribution in [3.8, 4) is 0 Å². The number of aryl methyl sites for hydroxylation is 2. The van der Waals surface area contributed by atoms with Gasteiger partial charge in [-0.1, -0.05) is 35.5 Å². The van der Waals surface area contributed by atoms with Gasteiger partial charge in [-0.05, 0) is 51.5 Å². The van der Waals surface area contributed by atoms with Crippen LogP contribution in [0.3, 0.4) is 0 Å². The highest BCUT2D eigenvalue weighted by Crippen LogP contribution is 2.22. The zero-order valence-electron chi connectivity index (χ0n) is 16.8. The number of carbonyl (C=O) groups is 2. The van der Waals surface area contributed by atoms with Crippen molar-refractivity contribution in [2.24, 2.45) is 5.92 Å². The zero-order valence-corrected chi connectivity index (χ0v) is 16.8. The van der Waals surface area contributed by atoms with Gasteiger partial charge in [-0.25, -0.2) is 0 Å². The molecule has 0 bridgehead atoms. The van der Waals surface area contributed by atoms with E-state index in [-0.39, 0.29) is 12.3 Å². The van der Waals surface area contributed by atoms with Crippen LogP contribution in [0.15, 0.2) is 34.9 Å². The Morgan fingerprint density at radius 1 is 1.21 bits per heavy atom. The van der Waals surface area contributed by atoms with Crippen molar-refractivity contribution < 1.29 is 18.8 Å². The van der Waals surface area contributed by atoms with Gasteiger partial charge >= 0.3 is 5.97 Å². The second kappa shape index (κ2) is 9.04. The summed E-state index contributed by atoms with van der Waals surface area (Å²) >= 11 is 0. The monoisotopic (exact) mass is 384 g/mol. The lowest BCUT2D eigenvalue weighted by Crippen LogP contribution is -2.44. The lowest BCUT2D eigenvalue weighted by molar-refractivity contribution is -0.159. The molecule has 1 aromatic heterocycles. The molecule has 1 aromatic carbocycles. The predicted molar refractivity (Wildman–Crippen MR) is 105 cm³/mol. The first kappa shape index (κ1) is 20.1. The van der Waals surface area contributed by atoms with E-state index >= 15 is 0 Å². The van der Waals surface area contributed by atoms with Crippen LogP contribution in [0.2, 0.25) is 0 Å². The Kier molecular flexibility index (Phi) is 6.49. The molecular weight excluding hydrogens is 356 g/mol. The van der Waals surface area contributed by atoms with Crippen LogP contribution < -0.4 is 0 Å². The van der Waals surface area contributed by atoms with Crippen LogP contribution in [-0.4, -0.2) is 41.1 Å². The summed E-state index contributed by atoms with van der Waals surface area (Å²) < 4.78 is 10.4. The molecule has 1 unspecified atom stereocenters. The van der Waals surface area contributed by atoms with Crippen molar-refractivity contribution >= 4 is 11.9 Å². The van der Waals surface area contributed by atoms with Gasteiger partial charge in [0, 0.05) is 18.7 Å². The van der Waals surface area contributed by atoms with Gasteiger partial charge in [0.15, 0.2) is 6.10 Å².